The molecule has 0 saturated heterocycles. The number of rotatable bonds is 4. The molecule has 8 heteroatoms. The normalized spacial score (nSPS) is 20.9. The van der Waals surface area contributed by atoms with Gasteiger partial charge in [-0.2, -0.15) is 21.6 Å². The first kappa shape index (κ1) is 11.7. The van der Waals surface area contributed by atoms with E-state index in [4.69, 9.17) is 4.74 Å². The quantitative estimate of drug-likeness (QED) is 0.419. The zero-order valence-electron chi connectivity index (χ0n) is 7.24. The summed E-state index contributed by atoms with van der Waals surface area (Å²) in [5, 5.41) is 0. The van der Waals surface area contributed by atoms with E-state index in [1.807, 2.05) is 0 Å². The van der Waals surface area contributed by atoms with Gasteiger partial charge in [-0.25, -0.2) is 4.18 Å². The minimum Gasteiger partial charge on any atom is -0.348 e. The number of alkyl halides is 3. The van der Waals surface area contributed by atoms with Crippen molar-refractivity contribution in [2.75, 3.05) is 0 Å². The molecule has 0 aromatic heterocycles. The summed E-state index contributed by atoms with van der Waals surface area (Å²) in [6.45, 7) is 1.11. The third-order valence-electron chi connectivity index (χ3n) is 1.45. The topological polar surface area (TPSA) is 52.6 Å². The molecule has 0 spiro atoms. The molecule has 0 amide bonds. The van der Waals surface area contributed by atoms with Gasteiger partial charge in [0.05, 0.1) is 6.10 Å². The van der Waals surface area contributed by atoms with E-state index in [1.54, 1.807) is 0 Å². The van der Waals surface area contributed by atoms with E-state index < -0.39 is 21.9 Å². The van der Waals surface area contributed by atoms with E-state index in [1.165, 1.54) is 0 Å². The first-order chi connectivity index (χ1) is 6.22. The second-order valence-corrected chi connectivity index (χ2v) is 4.46. The molecular weight excluding hydrogens is 225 g/mol. The fourth-order valence-electron chi connectivity index (χ4n) is 0.731. The van der Waals surface area contributed by atoms with Crippen LogP contribution in [0.25, 0.3) is 0 Å². The molecule has 1 saturated carbocycles. The van der Waals surface area contributed by atoms with Crippen molar-refractivity contribution in [3.05, 3.63) is 0 Å². The van der Waals surface area contributed by atoms with Gasteiger partial charge in [0.25, 0.3) is 0 Å². The van der Waals surface area contributed by atoms with Crippen molar-refractivity contribution in [2.45, 2.75) is 37.7 Å². The number of ether oxygens (including phenoxy) is 1. The molecule has 1 aliphatic rings. The summed E-state index contributed by atoms with van der Waals surface area (Å²) >= 11 is 0. The van der Waals surface area contributed by atoms with Crippen LogP contribution in [0.2, 0.25) is 0 Å². The zero-order valence-corrected chi connectivity index (χ0v) is 8.06. The summed E-state index contributed by atoms with van der Waals surface area (Å²) in [7, 11) is -5.54. The van der Waals surface area contributed by atoms with Crippen LogP contribution in [0.15, 0.2) is 0 Å². The maximum absolute atomic E-state index is 11.8. The Morgan fingerprint density at radius 2 is 1.86 bits per heavy atom. The fourth-order valence-corrected chi connectivity index (χ4v) is 1.24. The molecule has 84 valence electrons. The predicted molar refractivity (Wildman–Crippen MR) is 39.6 cm³/mol. The Morgan fingerprint density at radius 3 is 2.21 bits per heavy atom. The average Bonchev–Trinajstić information content (AvgIpc) is 2.66. The Bertz CT molecular complexity index is 293. The van der Waals surface area contributed by atoms with Crippen LogP contribution in [0.3, 0.4) is 0 Å². The molecular formula is C6H9F3O4S. The lowest BCUT2D eigenvalue weighted by Crippen LogP contribution is -2.30. The van der Waals surface area contributed by atoms with Gasteiger partial charge in [0.15, 0.2) is 6.29 Å². The smallest absolute Gasteiger partial charge is 0.348 e. The maximum Gasteiger partial charge on any atom is 0.523 e. The number of hydrogen-bond acceptors (Lipinski definition) is 4. The van der Waals surface area contributed by atoms with Crippen molar-refractivity contribution < 1.29 is 30.5 Å². The standard InChI is InChI=1S/C6H9F3O4S/c1-4(12-5-2-3-5)13-14(10,11)6(7,8)9/h4-5H,2-3H2,1H3. The summed E-state index contributed by atoms with van der Waals surface area (Å²) in [5.74, 6) is 0. The van der Waals surface area contributed by atoms with Crippen molar-refractivity contribution in [3.8, 4) is 0 Å². The SMILES string of the molecule is CC(OC1CC1)OS(=O)(=O)C(F)(F)F. The van der Waals surface area contributed by atoms with Crippen molar-refractivity contribution >= 4 is 10.1 Å². The van der Waals surface area contributed by atoms with Gasteiger partial charge in [-0.3, -0.25) is 0 Å². The summed E-state index contributed by atoms with van der Waals surface area (Å²) in [4.78, 5) is 0. The molecule has 0 aromatic rings. The molecule has 0 bridgehead atoms. The second kappa shape index (κ2) is 3.67. The van der Waals surface area contributed by atoms with E-state index in [0.717, 1.165) is 19.8 Å². The van der Waals surface area contributed by atoms with Crippen LogP contribution in [-0.4, -0.2) is 26.3 Å². The van der Waals surface area contributed by atoms with E-state index >= 15 is 0 Å². The molecule has 0 radical (unpaired) electrons. The summed E-state index contributed by atoms with van der Waals surface area (Å²) < 4.78 is 64.8. The van der Waals surface area contributed by atoms with Crippen molar-refractivity contribution in [1.29, 1.82) is 0 Å². The highest BCUT2D eigenvalue weighted by Crippen LogP contribution is 2.29. The van der Waals surface area contributed by atoms with Crippen molar-refractivity contribution in [2.24, 2.45) is 0 Å². The van der Waals surface area contributed by atoms with Crippen LogP contribution >= 0.6 is 0 Å². The molecule has 1 rings (SSSR count). The molecule has 14 heavy (non-hydrogen) atoms. The first-order valence-corrected chi connectivity index (χ1v) is 5.28. The van der Waals surface area contributed by atoms with Gasteiger partial charge in [-0.15, -0.1) is 0 Å². The number of halogens is 3. The predicted octanol–water partition coefficient (Wildman–Crippen LogP) is 1.38. The highest BCUT2D eigenvalue weighted by Gasteiger charge is 2.48. The Balaban J connectivity index is 2.49. The third kappa shape index (κ3) is 3.10. The van der Waals surface area contributed by atoms with Gasteiger partial charge in [-0.05, 0) is 19.8 Å². The summed E-state index contributed by atoms with van der Waals surface area (Å²) in [6, 6.07) is 0. The molecule has 0 heterocycles. The van der Waals surface area contributed by atoms with Crippen LogP contribution in [0.4, 0.5) is 13.2 Å². The van der Waals surface area contributed by atoms with Crippen molar-refractivity contribution in [1.82, 2.24) is 0 Å². The van der Waals surface area contributed by atoms with Crippen molar-refractivity contribution in [3.63, 3.8) is 0 Å². The molecule has 0 aliphatic heterocycles. The van der Waals surface area contributed by atoms with Gasteiger partial charge < -0.3 is 4.74 Å². The van der Waals surface area contributed by atoms with Crippen LogP contribution in [0.5, 0.6) is 0 Å². The summed E-state index contributed by atoms with van der Waals surface area (Å²) in [5.41, 5.74) is -5.39. The van der Waals surface area contributed by atoms with Gasteiger partial charge >= 0.3 is 15.6 Å². The van der Waals surface area contributed by atoms with E-state index in [2.05, 4.69) is 4.18 Å². The maximum atomic E-state index is 11.8. The molecule has 1 unspecified atom stereocenters. The Hall–Kier alpha value is -0.340. The Morgan fingerprint density at radius 1 is 1.36 bits per heavy atom. The Labute approximate surface area is 79.1 Å². The van der Waals surface area contributed by atoms with E-state index in [-0.39, 0.29) is 6.10 Å². The van der Waals surface area contributed by atoms with Crippen LogP contribution in [0.1, 0.15) is 19.8 Å². The molecule has 0 aromatic carbocycles. The molecule has 1 atom stereocenters. The van der Waals surface area contributed by atoms with Crippen LogP contribution < -0.4 is 0 Å². The second-order valence-electron chi connectivity index (χ2n) is 2.90. The van der Waals surface area contributed by atoms with Gasteiger partial charge in [0, 0.05) is 0 Å². The van der Waals surface area contributed by atoms with Gasteiger partial charge in [-0.1, -0.05) is 0 Å². The van der Waals surface area contributed by atoms with E-state index in [9.17, 15) is 21.6 Å². The Kier molecular flexibility index (Phi) is 3.07. The molecule has 1 aliphatic carbocycles. The fraction of sp³-hybridized carbons (Fsp3) is 1.00. The third-order valence-corrected chi connectivity index (χ3v) is 2.55. The molecule has 4 nitrogen and oxygen atoms in total. The van der Waals surface area contributed by atoms with Gasteiger partial charge in [0.2, 0.25) is 0 Å². The minimum absolute atomic E-state index is 0.173. The van der Waals surface area contributed by atoms with E-state index in [0.29, 0.717) is 0 Å². The van der Waals surface area contributed by atoms with Crippen LogP contribution in [0, 0.1) is 0 Å². The number of hydrogen-bond donors (Lipinski definition) is 0. The minimum atomic E-state index is -5.54. The summed E-state index contributed by atoms with van der Waals surface area (Å²) in [6.07, 6.45) is -0.123. The highest BCUT2D eigenvalue weighted by molar-refractivity contribution is 7.87. The highest BCUT2D eigenvalue weighted by atomic mass is 32.2. The van der Waals surface area contributed by atoms with Gasteiger partial charge in [0.1, 0.15) is 0 Å². The zero-order chi connectivity index (χ0) is 11.0. The lowest BCUT2D eigenvalue weighted by molar-refractivity contribution is -0.101. The lowest BCUT2D eigenvalue weighted by Gasteiger charge is -2.14. The molecule has 0 N–H and O–H groups in total. The van der Waals surface area contributed by atoms with Crippen LogP contribution in [-0.2, 0) is 19.0 Å². The lowest BCUT2D eigenvalue weighted by atomic mass is 10.7. The molecule has 1 fully saturated rings. The monoisotopic (exact) mass is 234 g/mol. The first-order valence-electron chi connectivity index (χ1n) is 3.87. The largest absolute Gasteiger partial charge is 0.523 e. The average molecular weight is 234 g/mol.